The lowest BCUT2D eigenvalue weighted by molar-refractivity contribution is 0.306. The van der Waals surface area contributed by atoms with Gasteiger partial charge >= 0.3 is 0 Å². The second-order valence-corrected chi connectivity index (χ2v) is 10.8. The fourth-order valence-corrected chi connectivity index (χ4v) is 3.95. The minimum atomic E-state index is -3.59. The van der Waals surface area contributed by atoms with E-state index in [1.54, 1.807) is 30.3 Å². The molecule has 11 heteroatoms. The maximum absolute atomic E-state index is 14.2. The molecule has 2 heterocycles. The maximum Gasteiger partial charge on any atom is 0.148 e. The highest BCUT2D eigenvalue weighted by Crippen LogP contribution is 2.32. The van der Waals surface area contributed by atoms with E-state index in [9.17, 15) is 12.8 Å². The van der Waals surface area contributed by atoms with Crippen molar-refractivity contribution in [3.63, 3.8) is 0 Å². The van der Waals surface area contributed by atoms with Crippen molar-refractivity contribution in [3.8, 4) is 17.1 Å². The second-order valence-electron chi connectivity index (χ2n) is 8.30. The van der Waals surface area contributed by atoms with E-state index >= 15 is 0 Å². The summed E-state index contributed by atoms with van der Waals surface area (Å²) in [7, 11) is -3.59. The number of nitrogens with zero attached hydrogens (tertiary/aromatic N) is 2. The molecule has 0 radical (unpaired) electrons. The summed E-state index contributed by atoms with van der Waals surface area (Å²) in [5.41, 5.74) is -0.291. The van der Waals surface area contributed by atoms with E-state index in [1.807, 2.05) is 0 Å². The van der Waals surface area contributed by atoms with Crippen LogP contribution in [0, 0.1) is 5.82 Å². The fraction of sp³-hybridized carbons (Fsp3) is 0.172. The van der Waals surface area contributed by atoms with Gasteiger partial charge in [-0.1, -0.05) is 23.7 Å². The number of rotatable bonds is 11. The molecule has 0 atom stereocenters. The summed E-state index contributed by atoms with van der Waals surface area (Å²) in [4.78, 5) is 8.44. The van der Waals surface area contributed by atoms with Crippen molar-refractivity contribution in [2.24, 2.45) is 0 Å². The average molecular weight is 591 g/mol. The molecular formula is C29H26ClFN4O4S. The van der Waals surface area contributed by atoms with Crippen molar-refractivity contribution in [1.82, 2.24) is 15.3 Å². The Morgan fingerprint density at radius 2 is 2.02 bits per heavy atom. The quantitative estimate of drug-likeness (QED) is 0.189. The number of sulfone groups is 1. The highest BCUT2D eigenvalue weighted by molar-refractivity contribution is 7.90. The summed E-state index contributed by atoms with van der Waals surface area (Å²) < 4.78 is 130. The molecule has 0 bridgehead atoms. The van der Waals surface area contributed by atoms with Gasteiger partial charge in [0.1, 0.15) is 51.6 Å². The van der Waals surface area contributed by atoms with Crippen molar-refractivity contribution in [2.45, 2.75) is 13.1 Å². The molecule has 0 fully saturated rings. The average Bonchev–Trinajstić information content (AvgIpc) is 3.50. The van der Waals surface area contributed by atoms with E-state index < -0.39 is 87.1 Å². The van der Waals surface area contributed by atoms with Crippen LogP contribution in [0.1, 0.15) is 25.0 Å². The largest absolute Gasteiger partial charge is 0.487 e. The van der Waals surface area contributed by atoms with E-state index in [2.05, 4.69) is 20.6 Å². The minimum Gasteiger partial charge on any atom is -0.487 e. The molecule has 0 aliphatic heterocycles. The number of halogens is 2. The maximum atomic E-state index is 14.2. The van der Waals surface area contributed by atoms with Crippen LogP contribution in [0.4, 0.5) is 15.9 Å². The van der Waals surface area contributed by atoms with Crippen LogP contribution in [0.5, 0.6) is 5.75 Å². The molecule has 0 saturated carbocycles. The third-order valence-electron chi connectivity index (χ3n) is 5.18. The molecule has 5 aromatic rings. The lowest BCUT2D eigenvalue weighted by Gasteiger charge is -2.12. The molecule has 206 valence electrons. The second kappa shape index (κ2) is 12.0. The number of aromatic nitrogens is 2. The number of benzene rings is 3. The summed E-state index contributed by atoms with van der Waals surface area (Å²) in [6.45, 7) is -5.47. The van der Waals surface area contributed by atoms with E-state index in [0.29, 0.717) is 34.1 Å². The molecule has 40 heavy (non-hydrogen) atoms. The van der Waals surface area contributed by atoms with Gasteiger partial charge < -0.3 is 19.8 Å². The van der Waals surface area contributed by atoms with Gasteiger partial charge in [-0.25, -0.2) is 22.8 Å². The van der Waals surface area contributed by atoms with Crippen molar-refractivity contribution in [1.29, 1.82) is 0 Å². The number of nitrogens with one attached hydrogen (secondary N) is 2. The van der Waals surface area contributed by atoms with Crippen LogP contribution < -0.4 is 15.4 Å². The molecular weight excluding hydrogens is 555 g/mol. The molecule has 0 saturated heterocycles. The van der Waals surface area contributed by atoms with Crippen molar-refractivity contribution in [3.05, 3.63) is 101 Å². The number of furan rings is 1. The number of anilines is 2. The van der Waals surface area contributed by atoms with Crippen LogP contribution in [-0.2, 0) is 22.9 Å². The monoisotopic (exact) mass is 590 g/mol. The van der Waals surface area contributed by atoms with Crippen LogP contribution in [0.15, 0.2) is 83.4 Å². The molecule has 0 amide bonds. The lowest BCUT2D eigenvalue weighted by Crippen LogP contribution is -2.21. The number of ether oxygens (including phenoxy) is 1. The Kier molecular flexibility index (Phi) is 5.31. The highest BCUT2D eigenvalue weighted by atomic mass is 35.5. The highest BCUT2D eigenvalue weighted by Gasteiger charge is 2.11. The topological polar surface area (TPSA) is 106 Å². The predicted octanol–water partition coefficient (Wildman–Crippen LogP) is 6.14. The molecule has 3 aromatic carbocycles. The van der Waals surface area contributed by atoms with Crippen molar-refractivity contribution >= 4 is 43.8 Å². The third-order valence-corrected chi connectivity index (χ3v) is 6.11. The molecule has 0 aliphatic rings. The zero-order valence-corrected chi connectivity index (χ0v) is 22.2. The van der Waals surface area contributed by atoms with E-state index in [-0.39, 0.29) is 18.1 Å². The number of hydrogen-bond donors (Lipinski definition) is 2. The smallest absolute Gasteiger partial charge is 0.148 e. The van der Waals surface area contributed by atoms with Crippen LogP contribution >= 0.6 is 11.6 Å². The van der Waals surface area contributed by atoms with E-state index in [4.69, 9.17) is 34.5 Å². The first kappa shape index (κ1) is 17.6. The Labute approximate surface area is 250 Å². The summed E-state index contributed by atoms with van der Waals surface area (Å²) >= 11 is 6.36. The Balaban J connectivity index is 1.45. The Bertz CT molecular complexity index is 2200. The molecule has 0 aliphatic carbocycles. The summed E-state index contributed by atoms with van der Waals surface area (Å²) in [5, 5.41) is 5.10. The van der Waals surface area contributed by atoms with Crippen LogP contribution in [0.3, 0.4) is 0 Å². The van der Waals surface area contributed by atoms with Gasteiger partial charge in [0, 0.05) is 32.1 Å². The summed E-state index contributed by atoms with van der Waals surface area (Å²) in [6, 6.07) is 4.13. The van der Waals surface area contributed by atoms with Crippen molar-refractivity contribution < 1.29 is 35.7 Å². The molecule has 0 spiro atoms. The van der Waals surface area contributed by atoms with Crippen LogP contribution in [-0.4, -0.2) is 36.9 Å². The standard InChI is InChI=1S/C29H26ClFN4O4S/c1-40(36,37)12-11-32-16-23-7-10-27(39-23)20-5-8-26-24(14-20)29(34-18-33-26)35-22-6-9-28(25(30)15-22)38-17-19-3-2-4-21(31)13-19/h2-10,13-15,18,32H,11-12,16-17H2,1H3,(H,33,34,35)/i2D,3D,6D,9D,11D2,13D,15D,17D2. The first-order valence-electron chi connectivity index (χ1n) is 16.5. The first-order valence-corrected chi connectivity index (χ1v) is 13.9. The molecule has 8 nitrogen and oxygen atoms in total. The van der Waals surface area contributed by atoms with Gasteiger partial charge in [0.05, 0.1) is 33.8 Å². The zero-order valence-electron chi connectivity index (χ0n) is 30.6. The van der Waals surface area contributed by atoms with E-state index in [0.717, 1.165) is 6.26 Å². The van der Waals surface area contributed by atoms with Crippen LogP contribution in [0.25, 0.3) is 22.2 Å². The van der Waals surface area contributed by atoms with Crippen molar-refractivity contribution in [2.75, 3.05) is 23.8 Å². The van der Waals surface area contributed by atoms with Gasteiger partial charge in [0.2, 0.25) is 0 Å². The van der Waals surface area contributed by atoms with Gasteiger partial charge in [-0.3, -0.25) is 0 Å². The number of fused-ring (bicyclic) bond motifs is 1. The normalized spacial score (nSPS) is 15.9. The zero-order chi connectivity index (χ0) is 36.9. The predicted molar refractivity (Wildman–Crippen MR) is 154 cm³/mol. The van der Waals surface area contributed by atoms with Gasteiger partial charge in [-0.15, -0.1) is 0 Å². The lowest BCUT2D eigenvalue weighted by atomic mass is 10.1. The van der Waals surface area contributed by atoms with Gasteiger partial charge in [-0.2, -0.15) is 0 Å². The van der Waals surface area contributed by atoms with Gasteiger partial charge in [0.25, 0.3) is 0 Å². The van der Waals surface area contributed by atoms with Gasteiger partial charge in [-0.05, 0) is 66.1 Å². The van der Waals surface area contributed by atoms with E-state index in [1.165, 1.54) is 6.33 Å². The Morgan fingerprint density at radius 1 is 1.15 bits per heavy atom. The molecule has 2 aromatic heterocycles. The number of hydrogen-bond acceptors (Lipinski definition) is 8. The fourth-order valence-electron chi connectivity index (χ4n) is 3.40. The van der Waals surface area contributed by atoms with Gasteiger partial charge in [0.15, 0.2) is 0 Å². The summed E-state index contributed by atoms with van der Waals surface area (Å²) in [5.74, 6) is -2.02. The molecule has 0 unspecified atom stereocenters. The Morgan fingerprint density at radius 3 is 2.88 bits per heavy atom. The molecule has 5 rings (SSSR count). The minimum absolute atomic E-state index is 0.0844. The summed E-state index contributed by atoms with van der Waals surface area (Å²) in [6.07, 6.45) is 2.14. The SMILES string of the molecule is [2H]c1cc(F)c([2H])c(C([2H])([2H])Oc2c([2H])c([2H])c(Nc3ncnc4ccc(-c5ccc(CNC([2H])([2H])CS(C)(=O)=O)o5)cc34)c([2H])c2Cl)c1[2H]. The third kappa shape index (κ3) is 7.15. The first-order chi connectivity index (χ1) is 23.2. The Hall–Kier alpha value is -3.99. The molecule has 2 N–H and O–H groups in total. The van der Waals surface area contributed by atoms with Crippen LogP contribution in [0.2, 0.25) is 5.02 Å².